The Morgan fingerprint density at radius 3 is 2.57 bits per heavy atom. The van der Waals surface area contributed by atoms with Crippen LogP contribution < -0.4 is 14.8 Å². The van der Waals surface area contributed by atoms with E-state index in [0.717, 1.165) is 19.3 Å². The number of amides is 1. The lowest BCUT2D eigenvalue weighted by atomic mass is 10.2. The van der Waals surface area contributed by atoms with E-state index in [0.29, 0.717) is 24.6 Å². The van der Waals surface area contributed by atoms with Crippen molar-refractivity contribution in [2.24, 2.45) is 0 Å². The summed E-state index contributed by atoms with van der Waals surface area (Å²) in [4.78, 5) is 12.4. The van der Waals surface area contributed by atoms with E-state index in [2.05, 4.69) is 5.32 Å². The normalized spacial score (nSPS) is 14.9. The van der Waals surface area contributed by atoms with E-state index in [1.165, 1.54) is 22.5 Å². The number of halogens is 1. The van der Waals surface area contributed by atoms with Gasteiger partial charge in [0.2, 0.25) is 10.0 Å². The third kappa shape index (κ3) is 5.44. The van der Waals surface area contributed by atoms with Gasteiger partial charge >= 0.3 is 0 Å². The Bertz CT molecular complexity index is 991. The maximum absolute atomic E-state index is 12.9. The van der Waals surface area contributed by atoms with E-state index >= 15 is 0 Å². The molecule has 3 rings (SSSR count). The average Bonchev–Trinajstić information content (AvgIpc) is 2.77. The Morgan fingerprint density at radius 1 is 1.10 bits per heavy atom. The molecule has 1 amide bonds. The standard InChI is InChI=1S/C21H25ClN2O5S/c1-28-17-6-5-7-18(15-17)29-13-10-23-21(25)16-8-9-19(22)20(14-16)30(26,27)24-11-3-2-4-12-24/h5-9,14-15H,2-4,10-13H2,1H3,(H,23,25). The minimum absolute atomic E-state index is 0.0358. The van der Waals surface area contributed by atoms with Crippen molar-refractivity contribution >= 4 is 27.5 Å². The van der Waals surface area contributed by atoms with E-state index in [1.54, 1.807) is 19.2 Å². The molecule has 0 unspecified atom stereocenters. The van der Waals surface area contributed by atoms with Gasteiger partial charge in [0.05, 0.1) is 18.7 Å². The average molecular weight is 453 g/mol. The van der Waals surface area contributed by atoms with Crippen LogP contribution in [0.2, 0.25) is 5.02 Å². The molecule has 1 aliphatic heterocycles. The van der Waals surface area contributed by atoms with Gasteiger partial charge < -0.3 is 14.8 Å². The number of carbonyl (C=O) groups excluding carboxylic acids is 1. The predicted octanol–water partition coefficient (Wildman–Crippen LogP) is 3.33. The lowest BCUT2D eigenvalue weighted by Gasteiger charge is -2.26. The van der Waals surface area contributed by atoms with Crippen LogP contribution in [-0.4, -0.2) is 52.0 Å². The van der Waals surface area contributed by atoms with Gasteiger partial charge in [0.25, 0.3) is 5.91 Å². The van der Waals surface area contributed by atoms with Crippen molar-refractivity contribution in [3.05, 3.63) is 53.1 Å². The molecule has 1 N–H and O–H groups in total. The lowest BCUT2D eigenvalue weighted by Crippen LogP contribution is -2.36. The predicted molar refractivity (Wildman–Crippen MR) is 115 cm³/mol. The van der Waals surface area contributed by atoms with Crippen LogP contribution in [0.15, 0.2) is 47.4 Å². The Balaban J connectivity index is 1.61. The molecule has 0 aromatic heterocycles. The van der Waals surface area contributed by atoms with Crippen molar-refractivity contribution in [2.75, 3.05) is 33.4 Å². The Labute approximate surface area is 182 Å². The smallest absolute Gasteiger partial charge is 0.251 e. The molecule has 1 fully saturated rings. The highest BCUT2D eigenvalue weighted by molar-refractivity contribution is 7.89. The summed E-state index contributed by atoms with van der Waals surface area (Å²) in [6, 6.07) is 11.5. The van der Waals surface area contributed by atoms with Gasteiger partial charge in [-0.2, -0.15) is 4.31 Å². The molecular weight excluding hydrogens is 428 g/mol. The van der Waals surface area contributed by atoms with Gasteiger partial charge in [-0.25, -0.2) is 8.42 Å². The minimum atomic E-state index is -3.73. The van der Waals surface area contributed by atoms with E-state index in [9.17, 15) is 13.2 Å². The fraction of sp³-hybridized carbons (Fsp3) is 0.381. The number of benzene rings is 2. The number of hydrogen-bond donors (Lipinski definition) is 1. The van der Waals surface area contributed by atoms with Gasteiger partial charge in [0, 0.05) is 24.7 Å². The number of hydrogen-bond acceptors (Lipinski definition) is 5. The van der Waals surface area contributed by atoms with Crippen LogP contribution in [0.25, 0.3) is 0 Å². The molecule has 0 radical (unpaired) electrons. The molecule has 2 aromatic rings. The van der Waals surface area contributed by atoms with Gasteiger partial charge in [-0.05, 0) is 43.2 Å². The second-order valence-corrected chi connectivity index (χ2v) is 9.21. The Kier molecular flexibility index (Phi) is 7.58. The highest BCUT2D eigenvalue weighted by Crippen LogP contribution is 2.28. The van der Waals surface area contributed by atoms with Crippen LogP contribution in [0.1, 0.15) is 29.6 Å². The molecule has 0 atom stereocenters. The second kappa shape index (κ2) is 10.1. The summed E-state index contributed by atoms with van der Waals surface area (Å²) in [7, 11) is -2.16. The van der Waals surface area contributed by atoms with Gasteiger partial charge in [0.15, 0.2) is 0 Å². The largest absolute Gasteiger partial charge is 0.497 e. The third-order valence-electron chi connectivity index (χ3n) is 4.82. The molecule has 162 valence electrons. The molecule has 2 aromatic carbocycles. The fourth-order valence-electron chi connectivity index (χ4n) is 3.21. The lowest BCUT2D eigenvalue weighted by molar-refractivity contribution is 0.0946. The van der Waals surface area contributed by atoms with Gasteiger partial charge in [-0.15, -0.1) is 0 Å². The maximum atomic E-state index is 12.9. The van der Waals surface area contributed by atoms with E-state index < -0.39 is 15.9 Å². The first-order valence-electron chi connectivity index (χ1n) is 9.76. The summed E-state index contributed by atoms with van der Waals surface area (Å²) >= 11 is 6.16. The van der Waals surface area contributed by atoms with E-state index in [1.807, 2.05) is 12.1 Å². The molecule has 0 spiro atoms. The van der Waals surface area contributed by atoms with Crippen molar-refractivity contribution in [3.8, 4) is 11.5 Å². The summed E-state index contributed by atoms with van der Waals surface area (Å²) in [6.07, 6.45) is 2.66. The summed E-state index contributed by atoms with van der Waals surface area (Å²) in [5.74, 6) is 0.918. The van der Waals surface area contributed by atoms with Gasteiger partial charge in [-0.3, -0.25) is 4.79 Å². The summed E-state index contributed by atoms with van der Waals surface area (Å²) < 4.78 is 38.0. The number of methoxy groups -OCH3 is 1. The van der Waals surface area contributed by atoms with Crippen molar-refractivity contribution < 1.29 is 22.7 Å². The third-order valence-corrected chi connectivity index (χ3v) is 7.20. The van der Waals surface area contributed by atoms with Crippen LogP contribution in [0, 0.1) is 0 Å². The zero-order valence-electron chi connectivity index (χ0n) is 16.8. The molecule has 7 nitrogen and oxygen atoms in total. The Morgan fingerprint density at radius 2 is 1.83 bits per heavy atom. The van der Waals surface area contributed by atoms with Gasteiger partial charge in [0.1, 0.15) is 23.0 Å². The number of carbonyl (C=O) groups is 1. The fourth-order valence-corrected chi connectivity index (χ4v) is 5.23. The van der Waals surface area contributed by atoms with E-state index in [4.69, 9.17) is 21.1 Å². The summed E-state index contributed by atoms with van der Waals surface area (Å²) in [6.45, 7) is 1.45. The van der Waals surface area contributed by atoms with Crippen LogP contribution >= 0.6 is 11.6 Å². The first-order valence-corrected chi connectivity index (χ1v) is 11.6. The number of nitrogens with one attached hydrogen (secondary N) is 1. The zero-order valence-corrected chi connectivity index (χ0v) is 18.3. The first kappa shape index (κ1) is 22.4. The number of rotatable bonds is 8. The molecule has 1 heterocycles. The van der Waals surface area contributed by atoms with Crippen molar-refractivity contribution in [1.82, 2.24) is 9.62 Å². The Hall–Kier alpha value is -2.29. The first-order chi connectivity index (χ1) is 14.4. The van der Waals surface area contributed by atoms with Crippen molar-refractivity contribution in [2.45, 2.75) is 24.2 Å². The summed E-state index contributed by atoms with van der Waals surface area (Å²) in [5, 5.41) is 2.84. The highest BCUT2D eigenvalue weighted by Gasteiger charge is 2.28. The van der Waals surface area contributed by atoms with Crippen molar-refractivity contribution in [3.63, 3.8) is 0 Å². The molecule has 1 saturated heterocycles. The molecule has 9 heteroatoms. The number of ether oxygens (including phenoxy) is 2. The quantitative estimate of drug-likeness (QED) is 0.621. The minimum Gasteiger partial charge on any atom is -0.497 e. The topological polar surface area (TPSA) is 84.9 Å². The second-order valence-electron chi connectivity index (χ2n) is 6.89. The van der Waals surface area contributed by atoms with Crippen LogP contribution in [0.4, 0.5) is 0 Å². The number of sulfonamides is 1. The zero-order chi connectivity index (χ0) is 21.6. The molecular formula is C21H25ClN2O5S. The highest BCUT2D eigenvalue weighted by atomic mass is 35.5. The summed E-state index contributed by atoms with van der Waals surface area (Å²) in [5.41, 5.74) is 0.233. The van der Waals surface area contributed by atoms with Crippen molar-refractivity contribution in [1.29, 1.82) is 0 Å². The number of nitrogens with zero attached hydrogens (tertiary/aromatic N) is 1. The molecule has 0 saturated carbocycles. The molecule has 0 aliphatic carbocycles. The molecule has 0 bridgehead atoms. The monoisotopic (exact) mass is 452 g/mol. The van der Waals surface area contributed by atoms with E-state index in [-0.39, 0.29) is 28.6 Å². The van der Waals surface area contributed by atoms with Gasteiger partial charge in [-0.1, -0.05) is 24.1 Å². The number of piperidine rings is 1. The van der Waals surface area contributed by atoms with Crippen LogP contribution in [0.3, 0.4) is 0 Å². The van der Waals surface area contributed by atoms with Crippen LogP contribution in [0.5, 0.6) is 11.5 Å². The van der Waals surface area contributed by atoms with Crippen LogP contribution in [-0.2, 0) is 10.0 Å². The maximum Gasteiger partial charge on any atom is 0.251 e. The molecule has 1 aliphatic rings. The SMILES string of the molecule is COc1cccc(OCCNC(=O)c2ccc(Cl)c(S(=O)(=O)N3CCCCC3)c2)c1. The molecule has 30 heavy (non-hydrogen) atoms.